The van der Waals surface area contributed by atoms with Gasteiger partial charge in [0.1, 0.15) is 12.6 Å². The van der Waals surface area contributed by atoms with Crippen molar-refractivity contribution in [1.29, 1.82) is 0 Å². The summed E-state index contributed by atoms with van der Waals surface area (Å²) in [6.07, 6.45) is 0.331. The van der Waals surface area contributed by atoms with Crippen molar-refractivity contribution in [1.82, 2.24) is 10.2 Å². The Labute approximate surface area is 95.2 Å². The van der Waals surface area contributed by atoms with Crippen LogP contribution in [0.1, 0.15) is 34.1 Å². The number of rotatable bonds is 1. The summed E-state index contributed by atoms with van der Waals surface area (Å²) in [5.74, 6) is -0.966. The van der Waals surface area contributed by atoms with Gasteiger partial charge < -0.3 is 4.90 Å². The molecule has 0 saturated carbocycles. The van der Waals surface area contributed by atoms with Crippen LogP contribution in [0.25, 0.3) is 0 Å². The van der Waals surface area contributed by atoms with Crippen LogP contribution in [0.3, 0.4) is 0 Å². The number of amides is 3. The molecule has 0 bridgehead atoms. The molecule has 0 aromatic carbocycles. The summed E-state index contributed by atoms with van der Waals surface area (Å²) in [4.78, 5) is 35.8. The van der Waals surface area contributed by atoms with Crippen molar-refractivity contribution in [2.75, 3.05) is 6.54 Å². The molecule has 0 radical (unpaired) electrons. The highest BCUT2D eigenvalue weighted by Crippen LogP contribution is 2.21. The Morgan fingerprint density at radius 3 is 2.50 bits per heavy atom. The van der Waals surface area contributed by atoms with Gasteiger partial charge in [0.25, 0.3) is 0 Å². The molecular formula is C11H18N2O3. The van der Waals surface area contributed by atoms with Gasteiger partial charge in [0.05, 0.1) is 0 Å². The first-order valence-electron chi connectivity index (χ1n) is 5.34. The van der Waals surface area contributed by atoms with Gasteiger partial charge in [-0.2, -0.15) is 0 Å². The quantitative estimate of drug-likeness (QED) is 0.654. The van der Waals surface area contributed by atoms with E-state index in [0.717, 1.165) is 0 Å². The largest absolute Gasteiger partial charge is 0.322 e. The number of hydrogen-bond donors (Lipinski definition) is 1. The second-order valence-corrected chi connectivity index (χ2v) is 5.35. The standard InChI is InChI=1S/C11H18N2O3/c1-7-10(16)12-8(14)6-13(7)9(15)5-11(2,3)4/h7H,5-6H2,1-4H3,(H,12,14,16). The van der Waals surface area contributed by atoms with Crippen LogP contribution in [0.15, 0.2) is 0 Å². The normalized spacial score (nSPS) is 22.0. The highest BCUT2D eigenvalue weighted by Gasteiger charge is 2.34. The van der Waals surface area contributed by atoms with E-state index in [1.54, 1.807) is 6.92 Å². The summed E-state index contributed by atoms with van der Waals surface area (Å²) in [5.41, 5.74) is -0.145. The van der Waals surface area contributed by atoms with Gasteiger partial charge in [-0.05, 0) is 12.3 Å². The van der Waals surface area contributed by atoms with Gasteiger partial charge in [0.15, 0.2) is 0 Å². The van der Waals surface area contributed by atoms with E-state index in [9.17, 15) is 14.4 Å². The minimum absolute atomic E-state index is 0.0260. The predicted octanol–water partition coefficient (Wildman–Crippen LogP) is 0.296. The topological polar surface area (TPSA) is 66.5 Å². The third-order valence-corrected chi connectivity index (χ3v) is 2.43. The van der Waals surface area contributed by atoms with Crippen LogP contribution in [0.4, 0.5) is 0 Å². The van der Waals surface area contributed by atoms with E-state index in [1.807, 2.05) is 20.8 Å². The van der Waals surface area contributed by atoms with E-state index >= 15 is 0 Å². The van der Waals surface area contributed by atoms with E-state index in [2.05, 4.69) is 5.32 Å². The zero-order chi connectivity index (χ0) is 12.5. The number of hydrogen-bond acceptors (Lipinski definition) is 3. The molecule has 1 fully saturated rings. The fourth-order valence-corrected chi connectivity index (χ4v) is 1.57. The zero-order valence-corrected chi connectivity index (χ0v) is 10.2. The van der Waals surface area contributed by atoms with Crippen molar-refractivity contribution in [3.05, 3.63) is 0 Å². The molecule has 1 aliphatic heterocycles. The predicted molar refractivity (Wildman–Crippen MR) is 58.4 cm³/mol. The molecule has 5 nitrogen and oxygen atoms in total. The van der Waals surface area contributed by atoms with E-state index < -0.39 is 17.9 Å². The third-order valence-electron chi connectivity index (χ3n) is 2.43. The summed E-state index contributed by atoms with van der Waals surface area (Å²) in [6.45, 7) is 7.44. The van der Waals surface area contributed by atoms with Gasteiger partial charge >= 0.3 is 0 Å². The number of carbonyl (C=O) groups excluding carboxylic acids is 3. The molecule has 90 valence electrons. The van der Waals surface area contributed by atoms with Gasteiger partial charge in [-0.25, -0.2) is 0 Å². The lowest BCUT2D eigenvalue weighted by molar-refractivity contribution is -0.150. The van der Waals surface area contributed by atoms with Crippen LogP contribution in [-0.2, 0) is 14.4 Å². The second-order valence-electron chi connectivity index (χ2n) is 5.35. The Morgan fingerprint density at radius 2 is 2.00 bits per heavy atom. The van der Waals surface area contributed by atoms with Crippen LogP contribution in [0.2, 0.25) is 0 Å². The zero-order valence-electron chi connectivity index (χ0n) is 10.2. The fourth-order valence-electron chi connectivity index (χ4n) is 1.57. The number of nitrogens with one attached hydrogen (secondary N) is 1. The van der Waals surface area contributed by atoms with Crippen molar-refractivity contribution >= 4 is 17.7 Å². The van der Waals surface area contributed by atoms with Crippen molar-refractivity contribution in [3.63, 3.8) is 0 Å². The minimum atomic E-state index is -0.562. The lowest BCUT2D eigenvalue weighted by Gasteiger charge is -2.33. The molecule has 1 unspecified atom stereocenters. The molecule has 5 heteroatoms. The maximum atomic E-state index is 11.9. The molecule has 1 rings (SSSR count). The first kappa shape index (κ1) is 12.7. The van der Waals surface area contributed by atoms with Crippen molar-refractivity contribution in [2.45, 2.75) is 40.2 Å². The Kier molecular flexibility index (Phi) is 3.35. The Hall–Kier alpha value is -1.39. The molecule has 1 heterocycles. The Bertz CT molecular complexity index is 331. The van der Waals surface area contributed by atoms with Crippen LogP contribution in [-0.4, -0.2) is 35.2 Å². The maximum Gasteiger partial charge on any atom is 0.249 e. The molecule has 0 spiro atoms. The minimum Gasteiger partial charge on any atom is -0.322 e. The first-order valence-corrected chi connectivity index (χ1v) is 5.34. The number of carbonyl (C=O) groups is 3. The number of piperazine rings is 1. The lowest BCUT2D eigenvalue weighted by atomic mass is 9.91. The van der Waals surface area contributed by atoms with Crippen LogP contribution < -0.4 is 5.32 Å². The average Bonchev–Trinajstić information content (AvgIpc) is 2.08. The van der Waals surface area contributed by atoms with E-state index in [-0.39, 0.29) is 17.9 Å². The number of nitrogens with zero attached hydrogens (tertiary/aromatic N) is 1. The summed E-state index contributed by atoms with van der Waals surface area (Å²) in [7, 11) is 0. The van der Waals surface area contributed by atoms with Crippen LogP contribution >= 0.6 is 0 Å². The molecule has 0 aliphatic carbocycles. The average molecular weight is 226 g/mol. The van der Waals surface area contributed by atoms with Gasteiger partial charge in [0.2, 0.25) is 17.7 Å². The smallest absolute Gasteiger partial charge is 0.249 e. The molecule has 3 amide bonds. The summed E-state index contributed by atoms with van der Waals surface area (Å²) >= 11 is 0. The monoisotopic (exact) mass is 226 g/mol. The van der Waals surface area contributed by atoms with Crippen LogP contribution in [0.5, 0.6) is 0 Å². The highest BCUT2D eigenvalue weighted by molar-refractivity contribution is 6.04. The molecular weight excluding hydrogens is 208 g/mol. The molecule has 0 aromatic rings. The SMILES string of the molecule is CC1C(=O)NC(=O)CN1C(=O)CC(C)(C)C. The highest BCUT2D eigenvalue weighted by atomic mass is 16.2. The Morgan fingerprint density at radius 1 is 1.44 bits per heavy atom. The molecule has 1 N–H and O–H groups in total. The van der Waals surface area contributed by atoms with Gasteiger partial charge in [-0.15, -0.1) is 0 Å². The first-order chi connectivity index (χ1) is 7.20. The maximum absolute atomic E-state index is 11.9. The molecule has 0 aromatic heterocycles. The van der Waals surface area contributed by atoms with Gasteiger partial charge in [-0.1, -0.05) is 20.8 Å². The van der Waals surface area contributed by atoms with E-state index in [0.29, 0.717) is 6.42 Å². The second kappa shape index (κ2) is 4.23. The lowest BCUT2D eigenvalue weighted by Crippen LogP contribution is -2.58. The third kappa shape index (κ3) is 3.05. The van der Waals surface area contributed by atoms with E-state index in [1.165, 1.54) is 4.90 Å². The Balaban J connectivity index is 2.74. The van der Waals surface area contributed by atoms with Crippen LogP contribution in [0, 0.1) is 5.41 Å². The molecule has 1 atom stereocenters. The molecule has 1 aliphatic rings. The van der Waals surface area contributed by atoms with Gasteiger partial charge in [0, 0.05) is 6.42 Å². The molecule has 16 heavy (non-hydrogen) atoms. The number of imide groups is 1. The fraction of sp³-hybridized carbons (Fsp3) is 0.727. The summed E-state index contributed by atoms with van der Waals surface area (Å²) in [6, 6.07) is -0.562. The van der Waals surface area contributed by atoms with Crippen molar-refractivity contribution in [3.8, 4) is 0 Å². The van der Waals surface area contributed by atoms with Gasteiger partial charge in [-0.3, -0.25) is 19.7 Å². The van der Waals surface area contributed by atoms with Crippen molar-refractivity contribution < 1.29 is 14.4 Å². The summed E-state index contributed by atoms with van der Waals surface area (Å²) < 4.78 is 0. The molecule has 1 saturated heterocycles. The summed E-state index contributed by atoms with van der Waals surface area (Å²) in [5, 5.41) is 2.20. The van der Waals surface area contributed by atoms with E-state index in [4.69, 9.17) is 0 Å². The van der Waals surface area contributed by atoms with Crippen molar-refractivity contribution in [2.24, 2.45) is 5.41 Å².